The molecule has 0 aliphatic carbocycles. The Kier molecular flexibility index (Phi) is 5.19. The molecule has 1 saturated heterocycles. The normalized spacial score (nSPS) is 24.8. The molecule has 0 amide bonds. The van der Waals surface area contributed by atoms with Crippen LogP contribution in [-0.2, 0) is 14.8 Å². The smallest absolute Gasteiger partial charge is 0.243 e. The fourth-order valence-corrected chi connectivity index (χ4v) is 4.76. The van der Waals surface area contributed by atoms with Crippen molar-refractivity contribution < 1.29 is 13.2 Å². The Morgan fingerprint density at radius 1 is 1.50 bits per heavy atom. The number of halogens is 1. The second-order valence-corrected chi connectivity index (χ2v) is 7.65. The van der Waals surface area contributed by atoms with E-state index in [1.54, 1.807) is 31.4 Å². The van der Waals surface area contributed by atoms with Gasteiger partial charge in [-0.2, -0.15) is 4.31 Å². The van der Waals surface area contributed by atoms with Crippen LogP contribution >= 0.6 is 15.9 Å². The molecule has 1 heterocycles. The summed E-state index contributed by atoms with van der Waals surface area (Å²) in [4.78, 5) is 0.293. The van der Waals surface area contributed by atoms with Gasteiger partial charge in [-0.1, -0.05) is 22.0 Å². The first kappa shape index (κ1) is 15.9. The Labute approximate surface area is 128 Å². The van der Waals surface area contributed by atoms with Crippen LogP contribution in [0.15, 0.2) is 33.6 Å². The lowest BCUT2D eigenvalue weighted by Gasteiger charge is -2.37. The lowest BCUT2D eigenvalue weighted by atomic mass is 10.0. The number of benzene rings is 1. The molecule has 1 aliphatic heterocycles. The van der Waals surface area contributed by atoms with Crippen LogP contribution in [0, 0.1) is 0 Å². The molecule has 2 rings (SSSR count). The highest BCUT2D eigenvalue weighted by atomic mass is 79.9. The van der Waals surface area contributed by atoms with Crippen LogP contribution in [0.4, 0.5) is 0 Å². The van der Waals surface area contributed by atoms with Gasteiger partial charge in [0.05, 0.1) is 11.0 Å². The molecule has 2 unspecified atom stereocenters. The zero-order valence-corrected chi connectivity index (χ0v) is 13.7. The van der Waals surface area contributed by atoms with Gasteiger partial charge in [0.15, 0.2) is 0 Å². The number of sulfonamides is 1. The number of nitrogens with two attached hydrogens (primary N) is 1. The van der Waals surface area contributed by atoms with Crippen molar-refractivity contribution in [2.24, 2.45) is 5.73 Å². The minimum atomic E-state index is -3.51. The third-order valence-electron chi connectivity index (χ3n) is 3.62. The van der Waals surface area contributed by atoms with E-state index in [0.29, 0.717) is 30.8 Å². The predicted molar refractivity (Wildman–Crippen MR) is 80.9 cm³/mol. The van der Waals surface area contributed by atoms with E-state index in [-0.39, 0.29) is 12.1 Å². The third kappa shape index (κ3) is 3.23. The fraction of sp³-hybridized carbons (Fsp3) is 0.538. The summed E-state index contributed by atoms with van der Waals surface area (Å²) in [7, 11) is -1.86. The molecular weight excluding hydrogens is 344 g/mol. The quantitative estimate of drug-likeness (QED) is 0.882. The summed E-state index contributed by atoms with van der Waals surface area (Å²) in [6.45, 7) is 0.738. The van der Waals surface area contributed by atoms with Crippen LogP contribution in [0.5, 0.6) is 0 Å². The van der Waals surface area contributed by atoms with Gasteiger partial charge in [0.2, 0.25) is 10.0 Å². The van der Waals surface area contributed by atoms with Crippen molar-refractivity contribution in [2.45, 2.75) is 29.9 Å². The van der Waals surface area contributed by atoms with Crippen molar-refractivity contribution in [1.82, 2.24) is 4.31 Å². The van der Waals surface area contributed by atoms with Crippen molar-refractivity contribution in [3.63, 3.8) is 0 Å². The van der Waals surface area contributed by atoms with Gasteiger partial charge >= 0.3 is 0 Å². The average Bonchev–Trinajstić information content (AvgIpc) is 2.46. The van der Waals surface area contributed by atoms with Crippen LogP contribution in [-0.4, -0.2) is 45.1 Å². The van der Waals surface area contributed by atoms with Crippen LogP contribution < -0.4 is 5.73 Å². The highest BCUT2D eigenvalue weighted by molar-refractivity contribution is 9.10. The summed E-state index contributed by atoms with van der Waals surface area (Å²) >= 11 is 3.30. The van der Waals surface area contributed by atoms with Gasteiger partial charge in [-0.15, -0.1) is 0 Å². The zero-order chi connectivity index (χ0) is 14.8. The summed E-state index contributed by atoms with van der Waals surface area (Å²) in [5.74, 6) is 0. The zero-order valence-electron chi connectivity index (χ0n) is 11.3. The van der Waals surface area contributed by atoms with E-state index in [1.165, 1.54) is 4.31 Å². The van der Waals surface area contributed by atoms with E-state index in [1.807, 2.05) is 0 Å². The largest absolute Gasteiger partial charge is 0.381 e. The van der Waals surface area contributed by atoms with Gasteiger partial charge in [-0.3, -0.25) is 0 Å². The Morgan fingerprint density at radius 3 is 2.85 bits per heavy atom. The number of ether oxygens (including phenoxy) is 1. The van der Waals surface area contributed by atoms with Gasteiger partial charge < -0.3 is 10.5 Å². The summed E-state index contributed by atoms with van der Waals surface area (Å²) in [5.41, 5.74) is 5.74. The topological polar surface area (TPSA) is 72.6 Å². The maximum atomic E-state index is 12.7. The second kappa shape index (κ2) is 6.53. The number of methoxy groups -OCH3 is 1. The fourth-order valence-electron chi connectivity index (χ4n) is 2.50. The number of nitrogens with zero attached hydrogens (tertiary/aromatic N) is 1. The Morgan fingerprint density at radius 2 is 2.25 bits per heavy atom. The number of hydrogen-bond acceptors (Lipinski definition) is 4. The van der Waals surface area contributed by atoms with Crippen LogP contribution in [0.1, 0.15) is 12.8 Å². The molecule has 2 N–H and O–H groups in total. The highest BCUT2D eigenvalue weighted by Gasteiger charge is 2.36. The maximum Gasteiger partial charge on any atom is 0.243 e. The van der Waals surface area contributed by atoms with Crippen molar-refractivity contribution in [2.75, 3.05) is 20.2 Å². The minimum Gasteiger partial charge on any atom is -0.381 e. The number of rotatable bonds is 4. The van der Waals surface area contributed by atoms with E-state index >= 15 is 0 Å². The molecule has 1 aliphatic rings. The standard InChI is InChI=1S/C13H19BrN2O3S/c1-19-12-5-6-16(11(8-12)9-15)20(17,18)13-4-2-3-10(14)7-13/h2-4,7,11-12H,5-6,8-9,15H2,1H3. The van der Waals surface area contributed by atoms with Gasteiger partial charge in [-0.05, 0) is 31.0 Å². The molecular formula is C13H19BrN2O3S. The summed E-state index contributed by atoms with van der Waals surface area (Å²) < 4.78 is 33.0. The molecule has 2 atom stereocenters. The molecule has 1 aromatic carbocycles. The molecule has 0 spiro atoms. The molecule has 0 radical (unpaired) electrons. The first-order valence-corrected chi connectivity index (χ1v) is 8.72. The summed E-state index contributed by atoms with van der Waals surface area (Å²) in [6.07, 6.45) is 1.41. The number of piperidine rings is 1. The van der Waals surface area contributed by atoms with E-state index < -0.39 is 10.0 Å². The van der Waals surface area contributed by atoms with E-state index in [9.17, 15) is 8.42 Å². The van der Waals surface area contributed by atoms with Crippen molar-refractivity contribution in [3.8, 4) is 0 Å². The van der Waals surface area contributed by atoms with Gasteiger partial charge in [0.25, 0.3) is 0 Å². The SMILES string of the molecule is COC1CCN(S(=O)(=O)c2cccc(Br)c2)C(CN)C1. The first-order valence-electron chi connectivity index (χ1n) is 6.49. The van der Waals surface area contributed by atoms with E-state index in [4.69, 9.17) is 10.5 Å². The molecule has 1 fully saturated rings. The van der Waals surface area contributed by atoms with Crippen LogP contribution in [0.3, 0.4) is 0 Å². The second-order valence-electron chi connectivity index (χ2n) is 4.84. The van der Waals surface area contributed by atoms with E-state index in [2.05, 4.69) is 15.9 Å². The molecule has 1 aromatic rings. The summed E-state index contributed by atoms with van der Waals surface area (Å²) in [6, 6.07) is 6.53. The van der Waals surface area contributed by atoms with Gasteiger partial charge in [0, 0.05) is 30.7 Å². The van der Waals surface area contributed by atoms with Crippen molar-refractivity contribution >= 4 is 26.0 Å². The van der Waals surface area contributed by atoms with Gasteiger partial charge in [0.1, 0.15) is 0 Å². The highest BCUT2D eigenvalue weighted by Crippen LogP contribution is 2.27. The Hall–Kier alpha value is -0.470. The Balaban J connectivity index is 2.29. The van der Waals surface area contributed by atoms with E-state index in [0.717, 1.165) is 4.47 Å². The molecule has 0 aromatic heterocycles. The van der Waals surface area contributed by atoms with Crippen LogP contribution in [0.25, 0.3) is 0 Å². The molecule has 112 valence electrons. The predicted octanol–water partition coefficient (Wildman–Crippen LogP) is 1.58. The molecule has 20 heavy (non-hydrogen) atoms. The number of hydrogen-bond donors (Lipinski definition) is 1. The molecule has 7 heteroatoms. The summed E-state index contributed by atoms with van der Waals surface area (Å²) in [5, 5.41) is 0. The van der Waals surface area contributed by atoms with Crippen molar-refractivity contribution in [3.05, 3.63) is 28.7 Å². The minimum absolute atomic E-state index is 0.0810. The molecule has 0 saturated carbocycles. The average molecular weight is 363 g/mol. The molecule has 5 nitrogen and oxygen atoms in total. The first-order chi connectivity index (χ1) is 9.48. The lowest BCUT2D eigenvalue weighted by molar-refractivity contribution is 0.0401. The molecule has 0 bridgehead atoms. The maximum absolute atomic E-state index is 12.7. The monoisotopic (exact) mass is 362 g/mol. The van der Waals surface area contributed by atoms with Crippen molar-refractivity contribution in [1.29, 1.82) is 0 Å². The third-order valence-corrected chi connectivity index (χ3v) is 6.06. The van der Waals surface area contributed by atoms with Gasteiger partial charge in [-0.25, -0.2) is 8.42 Å². The van der Waals surface area contributed by atoms with Crippen LogP contribution in [0.2, 0.25) is 0 Å². The Bertz CT molecular complexity index is 564. The lowest BCUT2D eigenvalue weighted by Crippen LogP contribution is -2.51.